The number of halogens is 2. The first-order valence-corrected chi connectivity index (χ1v) is 11.8. The Balaban J connectivity index is 1.99. The third-order valence-electron chi connectivity index (χ3n) is 5.12. The zero-order valence-electron chi connectivity index (χ0n) is 19.3. The standard InChI is InChI=1S/C25H22F2N2O6S/c1-16(25(31)35-3)29(36(32,33)20-11-9-19(34-2)10-12-20)15-17-6-4-5-7-23(17)28-24(30)21-13-8-18(26)14-22(21)27/h4-14H,1,15H2,2-3H3,(H,28,30). The Kier molecular flexibility index (Phi) is 8.05. The van der Waals surface area contributed by atoms with Crippen LogP contribution in [0.5, 0.6) is 5.75 Å². The van der Waals surface area contributed by atoms with Gasteiger partial charge in [-0.1, -0.05) is 24.8 Å². The van der Waals surface area contributed by atoms with Gasteiger partial charge in [0.05, 0.1) is 31.2 Å². The summed E-state index contributed by atoms with van der Waals surface area (Å²) < 4.78 is 64.7. The van der Waals surface area contributed by atoms with Crippen LogP contribution >= 0.6 is 0 Å². The van der Waals surface area contributed by atoms with Crippen LogP contribution in [0.4, 0.5) is 14.5 Å². The van der Waals surface area contributed by atoms with E-state index in [2.05, 4.69) is 16.6 Å². The van der Waals surface area contributed by atoms with Gasteiger partial charge in [0.1, 0.15) is 23.1 Å². The molecule has 0 aliphatic carbocycles. The van der Waals surface area contributed by atoms with Crippen LogP contribution in [0.2, 0.25) is 0 Å². The van der Waals surface area contributed by atoms with E-state index in [0.717, 1.165) is 23.5 Å². The number of rotatable bonds is 9. The zero-order valence-corrected chi connectivity index (χ0v) is 20.1. The van der Waals surface area contributed by atoms with Gasteiger partial charge < -0.3 is 14.8 Å². The average molecular weight is 517 g/mol. The molecule has 0 aliphatic rings. The van der Waals surface area contributed by atoms with Crippen molar-refractivity contribution < 1.29 is 36.3 Å². The molecule has 11 heteroatoms. The molecular weight excluding hydrogens is 494 g/mol. The van der Waals surface area contributed by atoms with E-state index in [0.29, 0.717) is 11.8 Å². The first kappa shape index (κ1) is 26.4. The fourth-order valence-corrected chi connectivity index (χ4v) is 4.63. The molecule has 1 amide bonds. The molecule has 1 N–H and O–H groups in total. The lowest BCUT2D eigenvalue weighted by atomic mass is 10.1. The molecule has 3 rings (SSSR count). The summed E-state index contributed by atoms with van der Waals surface area (Å²) in [7, 11) is -1.82. The van der Waals surface area contributed by atoms with Gasteiger partial charge in [-0.25, -0.2) is 22.0 Å². The Labute approximate surface area is 206 Å². The summed E-state index contributed by atoms with van der Waals surface area (Å²) in [5, 5.41) is 2.50. The SMILES string of the molecule is C=C(C(=O)OC)N(Cc1ccccc1NC(=O)c1ccc(F)cc1F)S(=O)(=O)c1ccc(OC)cc1. The molecule has 0 aliphatic heterocycles. The second-order valence-corrected chi connectivity index (χ2v) is 9.22. The van der Waals surface area contributed by atoms with E-state index in [4.69, 9.17) is 4.74 Å². The van der Waals surface area contributed by atoms with Crippen molar-refractivity contribution in [3.63, 3.8) is 0 Å². The Morgan fingerprint density at radius 2 is 1.67 bits per heavy atom. The number of carbonyl (C=O) groups is 2. The number of carbonyl (C=O) groups excluding carboxylic acids is 2. The minimum Gasteiger partial charge on any atom is -0.497 e. The molecule has 0 bridgehead atoms. The summed E-state index contributed by atoms with van der Waals surface area (Å²) in [6.07, 6.45) is 0. The molecule has 0 saturated heterocycles. The molecule has 0 saturated carbocycles. The largest absolute Gasteiger partial charge is 0.497 e. The minimum atomic E-state index is -4.32. The zero-order chi connectivity index (χ0) is 26.5. The number of benzene rings is 3. The lowest BCUT2D eigenvalue weighted by Gasteiger charge is -2.26. The Bertz CT molecular complexity index is 1410. The van der Waals surface area contributed by atoms with Crippen LogP contribution in [-0.4, -0.2) is 38.8 Å². The Morgan fingerprint density at radius 1 is 1.00 bits per heavy atom. The topological polar surface area (TPSA) is 102 Å². The molecule has 36 heavy (non-hydrogen) atoms. The van der Waals surface area contributed by atoms with Crippen LogP contribution < -0.4 is 10.1 Å². The summed E-state index contributed by atoms with van der Waals surface area (Å²) in [5.41, 5.74) is -0.485. The average Bonchev–Trinajstić information content (AvgIpc) is 2.87. The molecule has 188 valence electrons. The van der Waals surface area contributed by atoms with E-state index >= 15 is 0 Å². The highest BCUT2D eigenvalue weighted by molar-refractivity contribution is 7.89. The quantitative estimate of drug-likeness (QED) is 0.339. The highest BCUT2D eigenvalue weighted by atomic mass is 32.2. The second kappa shape index (κ2) is 11.0. The summed E-state index contributed by atoms with van der Waals surface area (Å²) in [6, 6.07) is 14.1. The van der Waals surface area contributed by atoms with Gasteiger partial charge in [-0.3, -0.25) is 9.10 Å². The number of amides is 1. The number of nitrogens with one attached hydrogen (secondary N) is 1. The predicted octanol–water partition coefficient (Wildman–Crippen LogP) is 4.10. The number of nitrogens with zero attached hydrogens (tertiary/aromatic N) is 1. The highest BCUT2D eigenvalue weighted by Gasteiger charge is 2.30. The number of methoxy groups -OCH3 is 2. The normalized spacial score (nSPS) is 10.9. The third-order valence-corrected chi connectivity index (χ3v) is 6.92. The van der Waals surface area contributed by atoms with Crippen LogP contribution in [0, 0.1) is 11.6 Å². The van der Waals surface area contributed by atoms with Crippen LogP contribution in [0.25, 0.3) is 0 Å². The summed E-state index contributed by atoms with van der Waals surface area (Å²) in [5.74, 6) is -3.34. The molecule has 0 aromatic heterocycles. The van der Waals surface area contributed by atoms with Crippen molar-refractivity contribution in [2.45, 2.75) is 11.4 Å². The minimum absolute atomic E-state index is 0.138. The second-order valence-electron chi connectivity index (χ2n) is 7.36. The summed E-state index contributed by atoms with van der Waals surface area (Å²) >= 11 is 0. The van der Waals surface area contributed by atoms with E-state index in [9.17, 15) is 26.8 Å². The van der Waals surface area contributed by atoms with Crippen molar-refractivity contribution in [3.05, 3.63) is 102 Å². The van der Waals surface area contributed by atoms with Crippen molar-refractivity contribution in [3.8, 4) is 5.75 Å². The fraction of sp³-hybridized carbons (Fsp3) is 0.120. The maximum atomic E-state index is 14.1. The van der Waals surface area contributed by atoms with Crippen molar-refractivity contribution in [2.24, 2.45) is 0 Å². The molecule has 0 radical (unpaired) electrons. The summed E-state index contributed by atoms with van der Waals surface area (Å²) in [6.45, 7) is 3.15. The molecule has 3 aromatic carbocycles. The number of esters is 1. The van der Waals surface area contributed by atoms with Crippen LogP contribution in [0.1, 0.15) is 15.9 Å². The van der Waals surface area contributed by atoms with Crippen molar-refractivity contribution >= 4 is 27.6 Å². The van der Waals surface area contributed by atoms with Crippen molar-refractivity contribution in [1.29, 1.82) is 0 Å². The predicted molar refractivity (Wildman–Crippen MR) is 128 cm³/mol. The van der Waals surface area contributed by atoms with Gasteiger partial charge in [-0.2, -0.15) is 0 Å². The molecule has 3 aromatic rings. The number of anilines is 1. The van der Waals surface area contributed by atoms with Gasteiger partial charge in [0.15, 0.2) is 0 Å². The Morgan fingerprint density at radius 3 is 2.28 bits per heavy atom. The fourth-order valence-electron chi connectivity index (χ4n) is 3.22. The van der Waals surface area contributed by atoms with Gasteiger partial charge in [-0.15, -0.1) is 0 Å². The number of para-hydroxylation sites is 1. The molecule has 0 atom stereocenters. The van der Waals surface area contributed by atoms with Gasteiger partial charge in [0.25, 0.3) is 15.9 Å². The smallest absolute Gasteiger partial charge is 0.354 e. The monoisotopic (exact) mass is 516 g/mol. The third kappa shape index (κ3) is 5.69. The van der Waals surface area contributed by atoms with Gasteiger partial charge in [0, 0.05) is 11.8 Å². The molecule has 0 fully saturated rings. The van der Waals surface area contributed by atoms with Crippen LogP contribution in [0.15, 0.2) is 83.9 Å². The number of hydrogen-bond donors (Lipinski definition) is 1. The molecule has 0 unspecified atom stereocenters. The summed E-state index contributed by atoms with van der Waals surface area (Å²) in [4.78, 5) is 24.7. The number of hydrogen-bond acceptors (Lipinski definition) is 6. The van der Waals surface area contributed by atoms with Crippen molar-refractivity contribution in [2.75, 3.05) is 19.5 Å². The first-order chi connectivity index (χ1) is 17.1. The lowest BCUT2D eigenvalue weighted by molar-refractivity contribution is -0.137. The molecule has 8 nitrogen and oxygen atoms in total. The lowest BCUT2D eigenvalue weighted by Crippen LogP contribution is -2.33. The number of sulfonamides is 1. The van der Waals surface area contributed by atoms with E-state index in [-0.39, 0.29) is 16.1 Å². The molecular formula is C25H22F2N2O6S. The van der Waals surface area contributed by atoms with E-state index in [1.54, 1.807) is 12.1 Å². The van der Waals surface area contributed by atoms with E-state index in [1.807, 2.05) is 0 Å². The molecule has 0 heterocycles. The van der Waals surface area contributed by atoms with E-state index < -0.39 is 51.3 Å². The Hall–Kier alpha value is -4.25. The van der Waals surface area contributed by atoms with Crippen LogP contribution in [-0.2, 0) is 26.1 Å². The maximum Gasteiger partial charge on any atom is 0.354 e. The molecule has 0 spiro atoms. The highest BCUT2D eigenvalue weighted by Crippen LogP contribution is 2.27. The maximum absolute atomic E-state index is 14.1. The number of ether oxygens (including phenoxy) is 2. The van der Waals surface area contributed by atoms with Crippen molar-refractivity contribution in [1.82, 2.24) is 4.31 Å². The van der Waals surface area contributed by atoms with Gasteiger partial charge in [0.2, 0.25) is 0 Å². The van der Waals surface area contributed by atoms with Gasteiger partial charge in [-0.05, 0) is 48.0 Å². The van der Waals surface area contributed by atoms with Crippen LogP contribution in [0.3, 0.4) is 0 Å². The van der Waals surface area contributed by atoms with Gasteiger partial charge >= 0.3 is 5.97 Å². The first-order valence-electron chi connectivity index (χ1n) is 10.4. The van der Waals surface area contributed by atoms with E-state index in [1.165, 1.54) is 43.5 Å².